The van der Waals surface area contributed by atoms with Crippen LogP contribution in [0.5, 0.6) is 0 Å². The quantitative estimate of drug-likeness (QED) is 0.851. The van der Waals surface area contributed by atoms with Gasteiger partial charge in [0, 0.05) is 18.7 Å². The van der Waals surface area contributed by atoms with Crippen molar-refractivity contribution >= 4 is 16.7 Å². The standard InChI is InChI=1S/C16H23N3/c1-3-15-18-13-10-12(17)6-7-14(13)19(15)11-16(2)8-4-5-9-16/h6-7,10H,3-5,8-9,11,17H2,1-2H3. The average Bonchev–Trinajstić information content (AvgIpc) is 2.94. The van der Waals surface area contributed by atoms with Gasteiger partial charge in [0.15, 0.2) is 0 Å². The Kier molecular flexibility index (Phi) is 3.00. The lowest BCUT2D eigenvalue weighted by atomic mass is 9.88. The lowest BCUT2D eigenvalue weighted by Crippen LogP contribution is -2.21. The molecule has 19 heavy (non-hydrogen) atoms. The number of aromatic nitrogens is 2. The Morgan fingerprint density at radius 1 is 1.32 bits per heavy atom. The van der Waals surface area contributed by atoms with Crippen molar-refractivity contribution in [1.29, 1.82) is 0 Å². The fraction of sp³-hybridized carbons (Fsp3) is 0.562. The molecule has 3 heteroatoms. The maximum atomic E-state index is 5.86. The van der Waals surface area contributed by atoms with E-state index in [2.05, 4.69) is 24.5 Å². The normalized spacial score (nSPS) is 18.2. The number of hydrogen-bond donors (Lipinski definition) is 1. The van der Waals surface area contributed by atoms with Crippen molar-refractivity contribution in [3.05, 3.63) is 24.0 Å². The third-order valence-corrected chi connectivity index (χ3v) is 4.52. The van der Waals surface area contributed by atoms with Crippen molar-refractivity contribution in [2.24, 2.45) is 5.41 Å². The highest BCUT2D eigenvalue weighted by molar-refractivity contribution is 5.79. The van der Waals surface area contributed by atoms with Gasteiger partial charge in [-0.05, 0) is 36.5 Å². The molecule has 1 aliphatic rings. The molecule has 0 bridgehead atoms. The minimum atomic E-state index is 0.443. The highest BCUT2D eigenvalue weighted by Gasteiger charge is 2.30. The van der Waals surface area contributed by atoms with Crippen LogP contribution in [0.1, 0.15) is 45.4 Å². The number of nitrogen functional groups attached to an aromatic ring is 1. The summed E-state index contributed by atoms with van der Waals surface area (Å²) in [6.07, 6.45) is 6.40. The molecule has 1 aromatic heterocycles. The largest absolute Gasteiger partial charge is 0.399 e. The van der Waals surface area contributed by atoms with Crippen molar-refractivity contribution in [3.63, 3.8) is 0 Å². The molecule has 0 aliphatic heterocycles. The van der Waals surface area contributed by atoms with Gasteiger partial charge < -0.3 is 10.3 Å². The molecule has 102 valence electrons. The number of nitrogens with two attached hydrogens (primary N) is 1. The number of fused-ring (bicyclic) bond motifs is 1. The van der Waals surface area contributed by atoms with Gasteiger partial charge in [0.2, 0.25) is 0 Å². The summed E-state index contributed by atoms with van der Waals surface area (Å²) in [5.74, 6) is 1.19. The van der Waals surface area contributed by atoms with Crippen LogP contribution in [-0.2, 0) is 13.0 Å². The number of nitrogens with zero attached hydrogens (tertiary/aromatic N) is 2. The first-order valence-corrected chi connectivity index (χ1v) is 7.36. The second-order valence-electron chi connectivity index (χ2n) is 6.23. The Morgan fingerprint density at radius 3 is 2.74 bits per heavy atom. The van der Waals surface area contributed by atoms with Crippen LogP contribution < -0.4 is 5.73 Å². The van der Waals surface area contributed by atoms with Crippen LogP contribution in [0.25, 0.3) is 11.0 Å². The predicted molar refractivity (Wildman–Crippen MR) is 80.1 cm³/mol. The molecule has 0 radical (unpaired) electrons. The van der Waals surface area contributed by atoms with Gasteiger partial charge in [0.1, 0.15) is 5.82 Å². The van der Waals surface area contributed by atoms with Crippen molar-refractivity contribution in [3.8, 4) is 0 Å². The van der Waals surface area contributed by atoms with E-state index in [1.165, 1.54) is 37.0 Å². The topological polar surface area (TPSA) is 43.8 Å². The zero-order valence-electron chi connectivity index (χ0n) is 11.9. The first-order valence-electron chi connectivity index (χ1n) is 7.36. The number of rotatable bonds is 3. The molecule has 1 aromatic carbocycles. The second-order valence-corrected chi connectivity index (χ2v) is 6.23. The molecule has 1 heterocycles. The summed E-state index contributed by atoms with van der Waals surface area (Å²) in [7, 11) is 0. The van der Waals surface area contributed by atoms with E-state index in [1.807, 2.05) is 12.1 Å². The van der Waals surface area contributed by atoms with Crippen LogP contribution in [0, 0.1) is 5.41 Å². The van der Waals surface area contributed by atoms with Gasteiger partial charge >= 0.3 is 0 Å². The van der Waals surface area contributed by atoms with E-state index in [4.69, 9.17) is 10.7 Å². The van der Waals surface area contributed by atoms with Crippen molar-refractivity contribution < 1.29 is 0 Å². The monoisotopic (exact) mass is 257 g/mol. The molecule has 0 amide bonds. The zero-order chi connectivity index (χ0) is 13.5. The summed E-state index contributed by atoms with van der Waals surface area (Å²) in [5, 5.41) is 0. The van der Waals surface area contributed by atoms with E-state index in [1.54, 1.807) is 0 Å². The molecular weight excluding hydrogens is 234 g/mol. The fourth-order valence-corrected chi connectivity index (χ4v) is 3.41. The molecule has 2 aromatic rings. The van der Waals surface area contributed by atoms with Gasteiger partial charge in [-0.3, -0.25) is 0 Å². The number of anilines is 1. The summed E-state index contributed by atoms with van der Waals surface area (Å²) in [5.41, 5.74) is 9.38. The van der Waals surface area contributed by atoms with Gasteiger partial charge in [-0.15, -0.1) is 0 Å². The van der Waals surface area contributed by atoms with E-state index in [9.17, 15) is 0 Å². The van der Waals surface area contributed by atoms with E-state index in [-0.39, 0.29) is 0 Å². The van der Waals surface area contributed by atoms with Crippen molar-refractivity contribution in [2.75, 3.05) is 5.73 Å². The SMILES string of the molecule is CCc1nc2cc(N)ccc2n1CC1(C)CCCC1. The predicted octanol–water partition coefficient (Wildman–Crippen LogP) is 3.76. The molecule has 0 unspecified atom stereocenters. The molecule has 1 saturated carbocycles. The minimum absolute atomic E-state index is 0.443. The number of benzene rings is 1. The fourth-order valence-electron chi connectivity index (χ4n) is 3.41. The minimum Gasteiger partial charge on any atom is -0.399 e. The molecule has 1 aliphatic carbocycles. The number of hydrogen-bond acceptors (Lipinski definition) is 2. The molecule has 0 atom stereocenters. The zero-order valence-corrected chi connectivity index (χ0v) is 11.9. The first-order chi connectivity index (χ1) is 9.11. The highest BCUT2D eigenvalue weighted by atomic mass is 15.1. The van der Waals surface area contributed by atoms with E-state index < -0.39 is 0 Å². The second kappa shape index (κ2) is 4.55. The Hall–Kier alpha value is -1.51. The summed E-state index contributed by atoms with van der Waals surface area (Å²) in [4.78, 5) is 4.75. The first kappa shape index (κ1) is 12.5. The van der Waals surface area contributed by atoms with Gasteiger partial charge in [0.05, 0.1) is 11.0 Å². The maximum absolute atomic E-state index is 5.86. The Balaban J connectivity index is 2.05. The van der Waals surface area contributed by atoms with Crippen LogP contribution >= 0.6 is 0 Å². The van der Waals surface area contributed by atoms with Gasteiger partial charge in [-0.2, -0.15) is 0 Å². The van der Waals surface area contributed by atoms with Crippen LogP contribution in [0.4, 0.5) is 5.69 Å². The van der Waals surface area contributed by atoms with Crippen molar-refractivity contribution in [2.45, 2.75) is 52.5 Å². The molecular formula is C16H23N3. The number of imidazole rings is 1. The Bertz CT molecular complexity index is 591. The maximum Gasteiger partial charge on any atom is 0.109 e. The highest BCUT2D eigenvalue weighted by Crippen LogP contribution is 2.40. The Morgan fingerprint density at radius 2 is 2.05 bits per heavy atom. The molecule has 3 rings (SSSR count). The van der Waals surface area contributed by atoms with Crippen LogP contribution in [-0.4, -0.2) is 9.55 Å². The van der Waals surface area contributed by atoms with E-state index in [0.717, 1.165) is 24.2 Å². The molecule has 0 saturated heterocycles. The van der Waals surface area contributed by atoms with E-state index >= 15 is 0 Å². The van der Waals surface area contributed by atoms with Gasteiger partial charge in [-0.25, -0.2) is 4.98 Å². The molecule has 1 fully saturated rings. The lowest BCUT2D eigenvalue weighted by Gasteiger charge is -2.25. The number of aryl methyl sites for hydroxylation is 1. The lowest BCUT2D eigenvalue weighted by molar-refractivity contribution is 0.282. The summed E-state index contributed by atoms with van der Waals surface area (Å²) in [6, 6.07) is 6.09. The third-order valence-electron chi connectivity index (χ3n) is 4.52. The van der Waals surface area contributed by atoms with Gasteiger partial charge in [0.25, 0.3) is 0 Å². The molecule has 0 spiro atoms. The summed E-state index contributed by atoms with van der Waals surface area (Å²) < 4.78 is 2.42. The smallest absolute Gasteiger partial charge is 0.109 e. The van der Waals surface area contributed by atoms with E-state index in [0.29, 0.717) is 5.41 Å². The van der Waals surface area contributed by atoms with Crippen LogP contribution in [0.15, 0.2) is 18.2 Å². The van der Waals surface area contributed by atoms with Crippen LogP contribution in [0.3, 0.4) is 0 Å². The Labute approximate surface area is 114 Å². The van der Waals surface area contributed by atoms with Crippen molar-refractivity contribution in [1.82, 2.24) is 9.55 Å². The third kappa shape index (κ3) is 2.22. The molecule has 3 nitrogen and oxygen atoms in total. The summed E-state index contributed by atoms with van der Waals surface area (Å²) in [6.45, 7) is 5.69. The van der Waals surface area contributed by atoms with Crippen LogP contribution in [0.2, 0.25) is 0 Å². The average molecular weight is 257 g/mol. The molecule has 2 N–H and O–H groups in total. The summed E-state index contributed by atoms with van der Waals surface area (Å²) >= 11 is 0. The van der Waals surface area contributed by atoms with Gasteiger partial charge in [-0.1, -0.05) is 26.7 Å².